The molecule has 0 heterocycles. The van der Waals surface area contributed by atoms with Crippen LogP contribution in [0.3, 0.4) is 0 Å². The van der Waals surface area contributed by atoms with E-state index >= 15 is 0 Å². The zero-order chi connectivity index (χ0) is 8.10. The van der Waals surface area contributed by atoms with E-state index in [1.54, 1.807) is 0 Å². The molecule has 0 nitrogen and oxygen atoms in total. The highest BCUT2D eigenvalue weighted by atomic mass is 35.5. The first-order valence-corrected chi connectivity index (χ1v) is 4.56. The Labute approximate surface area is 77.1 Å². The van der Waals surface area contributed by atoms with Crippen molar-refractivity contribution in [2.45, 2.75) is 11.8 Å². The topological polar surface area (TPSA) is 0 Å². The van der Waals surface area contributed by atoms with Crippen molar-refractivity contribution < 1.29 is 0 Å². The molecule has 2 heteroatoms. The zero-order valence-electron chi connectivity index (χ0n) is 6.13. The maximum absolute atomic E-state index is 6.02. The van der Waals surface area contributed by atoms with Crippen LogP contribution in [0.25, 0.3) is 0 Å². The van der Waals surface area contributed by atoms with Crippen LogP contribution in [0.5, 0.6) is 0 Å². The summed E-state index contributed by atoms with van der Waals surface area (Å²) in [5, 5.41) is 0.0636. The van der Waals surface area contributed by atoms with E-state index in [4.69, 9.17) is 23.2 Å². The van der Waals surface area contributed by atoms with Crippen LogP contribution in [0.4, 0.5) is 0 Å². The Morgan fingerprint density at radius 3 is 2.36 bits per heavy atom. The predicted molar refractivity (Wildman–Crippen MR) is 50.4 cm³/mol. The Bertz CT molecular complexity index is 196. The molecule has 60 valence electrons. The van der Waals surface area contributed by atoms with Gasteiger partial charge in [-0.2, -0.15) is 0 Å². The van der Waals surface area contributed by atoms with E-state index in [0.717, 1.165) is 12.0 Å². The molecule has 0 radical (unpaired) electrons. The second kappa shape index (κ2) is 4.63. The Morgan fingerprint density at radius 1 is 1.18 bits per heavy atom. The standard InChI is InChI=1S/C9H10Cl2/c10-7-6-9(11)8-4-2-1-3-5-8/h1-5,9H,6-7H2/t9-/m1/s1. The summed E-state index contributed by atoms with van der Waals surface area (Å²) in [5.74, 6) is 0.614. The summed E-state index contributed by atoms with van der Waals surface area (Å²) in [6.45, 7) is 0. The molecule has 0 aromatic heterocycles. The highest BCUT2D eigenvalue weighted by Crippen LogP contribution is 2.23. The van der Waals surface area contributed by atoms with Crippen molar-refractivity contribution in [3.63, 3.8) is 0 Å². The molecule has 0 bridgehead atoms. The van der Waals surface area contributed by atoms with E-state index < -0.39 is 0 Å². The quantitative estimate of drug-likeness (QED) is 0.637. The van der Waals surface area contributed by atoms with Crippen LogP contribution in [0.1, 0.15) is 17.4 Å². The summed E-state index contributed by atoms with van der Waals surface area (Å²) in [5.41, 5.74) is 1.15. The van der Waals surface area contributed by atoms with Gasteiger partial charge in [0, 0.05) is 5.88 Å². The lowest BCUT2D eigenvalue weighted by Gasteiger charge is -2.05. The van der Waals surface area contributed by atoms with Crippen LogP contribution in [0.15, 0.2) is 30.3 Å². The molecule has 0 aliphatic carbocycles. The molecule has 0 fully saturated rings. The summed E-state index contributed by atoms with van der Waals surface area (Å²) in [4.78, 5) is 0. The number of hydrogen-bond acceptors (Lipinski definition) is 0. The largest absolute Gasteiger partial charge is 0.127 e. The summed E-state index contributed by atoms with van der Waals surface area (Å²) < 4.78 is 0. The van der Waals surface area contributed by atoms with Gasteiger partial charge >= 0.3 is 0 Å². The smallest absolute Gasteiger partial charge is 0.0596 e. The van der Waals surface area contributed by atoms with Gasteiger partial charge in [-0.15, -0.1) is 23.2 Å². The number of alkyl halides is 2. The van der Waals surface area contributed by atoms with Gasteiger partial charge in [0.2, 0.25) is 0 Å². The number of rotatable bonds is 3. The molecule has 0 amide bonds. The monoisotopic (exact) mass is 188 g/mol. The average Bonchev–Trinajstić information content (AvgIpc) is 2.07. The molecule has 0 unspecified atom stereocenters. The fourth-order valence-electron chi connectivity index (χ4n) is 0.924. The zero-order valence-corrected chi connectivity index (χ0v) is 7.65. The van der Waals surface area contributed by atoms with Gasteiger partial charge < -0.3 is 0 Å². The van der Waals surface area contributed by atoms with Crippen LogP contribution in [0, 0.1) is 0 Å². The van der Waals surface area contributed by atoms with Gasteiger partial charge in [-0.1, -0.05) is 30.3 Å². The molecule has 1 rings (SSSR count). The van der Waals surface area contributed by atoms with Crippen LogP contribution in [0.2, 0.25) is 0 Å². The van der Waals surface area contributed by atoms with Crippen molar-refractivity contribution in [3.8, 4) is 0 Å². The van der Waals surface area contributed by atoms with Gasteiger partial charge in [0.05, 0.1) is 5.38 Å². The number of hydrogen-bond donors (Lipinski definition) is 0. The molecule has 1 aromatic rings. The fourth-order valence-corrected chi connectivity index (χ4v) is 1.51. The molecule has 0 saturated carbocycles. The second-order valence-corrected chi connectivity index (χ2v) is 3.26. The van der Waals surface area contributed by atoms with E-state index in [-0.39, 0.29) is 5.38 Å². The Hall–Kier alpha value is -0.200. The Balaban J connectivity index is 2.61. The first-order chi connectivity index (χ1) is 5.34. The molecule has 11 heavy (non-hydrogen) atoms. The van der Waals surface area contributed by atoms with Crippen LogP contribution < -0.4 is 0 Å². The van der Waals surface area contributed by atoms with Crippen LogP contribution >= 0.6 is 23.2 Å². The van der Waals surface area contributed by atoms with Gasteiger partial charge in [0.25, 0.3) is 0 Å². The molecule has 0 N–H and O–H groups in total. The summed E-state index contributed by atoms with van der Waals surface area (Å²) in [7, 11) is 0. The number of halogens is 2. The third-order valence-corrected chi connectivity index (χ3v) is 2.21. The van der Waals surface area contributed by atoms with Crippen molar-refractivity contribution in [2.24, 2.45) is 0 Å². The van der Waals surface area contributed by atoms with Gasteiger partial charge in [-0.05, 0) is 12.0 Å². The first-order valence-electron chi connectivity index (χ1n) is 3.59. The van der Waals surface area contributed by atoms with Crippen LogP contribution in [-0.2, 0) is 0 Å². The lowest BCUT2D eigenvalue weighted by molar-refractivity contribution is 0.890. The highest BCUT2D eigenvalue weighted by Gasteiger charge is 2.04. The van der Waals surface area contributed by atoms with Crippen molar-refractivity contribution >= 4 is 23.2 Å². The lowest BCUT2D eigenvalue weighted by atomic mass is 10.1. The van der Waals surface area contributed by atoms with Gasteiger partial charge in [-0.25, -0.2) is 0 Å². The normalized spacial score (nSPS) is 12.9. The molecule has 0 aliphatic rings. The third-order valence-electron chi connectivity index (χ3n) is 1.52. The molecule has 0 aliphatic heterocycles. The van der Waals surface area contributed by atoms with Gasteiger partial charge in [-0.3, -0.25) is 0 Å². The van der Waals surface area contributed by atoms with E-state index in [2.05, 4.69) is 0 Å². The summed E-state index contributed by atoms with van der Waals surface area (Å²) in [6, 6.07) is 9.99. The first kappa shape index (κ1) is 8.89. The maximum Gasteiger partial charge on any atom is 0.0596 e. The minimum absolute atomic E-state index is 0.0636. The average molecular weight is 189 g/mol. The maximum atomic E-state index is 6.02. The summed E-state index contributed by atoms with van der Waals surface area (Å²) in [6.07, 6.45) is 0.827. The molecule has 0 spiro atoms. The van der Waals surface area contributed by atoms with E-state index in [1.807, 2.05) is 30.3 Å². The third kappa shape index (κ3) is 2.72. The fraction of sp³-hybridized carbons (Fsp3) is 0.333. The van der Waals surface area contributed by atoms with E-state index in [0.29, 0.717) is 5.88 Å². The van der Waals surface area contributed by atoms with Crippen molar-refractivity contribution in [2.75, 3.05) is 5.88 Å². The Kier molecular flexibility index (Phi) is 3.74. The van der Waals surface area contributed by atoms with Crippen molar-refractivity contribution in [1.29, 1.82) is 0 Å². The highest BCUT2D eigenvalue weighted by molar-refractivity contribution is 6.22. The SMILES string of the molecule is ClCC[C@@H](Cl)c1ccccc1. The minimum Gasteiger partial charge on any atom is -0.127 e. The van der Waals surface area contributed by atoms with Gasteiger partial charge in [0.15, 0.2) is 0 Å². The number of benzene rings is 1. The Morgan fingerprint density at radius 2 is 1.82 bits per heavy atom. The molecule has 0 saturated heterocycles. The van der Waals surface area contributed by atoms with E-state index in [9.17, 15) is 0 Å². The predicted octanol–water partition coefficient (Wildman–Crippen LogP) is 3.60. The molecular weight excluding hydrogens is 179 g/mol. The minimum atomic E-state index is 0.0636. The van der Waals surface area contributed by atoms with Crippen LogP contribution in [-0.4, -0.2) is 5.88 Å². The molecule has 1 aromatic carbocycles. The van der Waals surface area contributed by atoms with Gasteiger partial charge in [0.1, 0.15) is 0 Å². The van der Waals surface area contributed by atoms with E-state index in [1.165, 1.54) is 0 Å². The molecule has 1 atom stereocenters. The van der Waals surface area contributed by atoms with Crippen molar-refractivity contribution in [1.82, 2.24) is 0 Å². The van der Waals surface area contributed by atoms with Crippen molar-refractivity contribution in [3.05, 3.63) is 35.9 Å². The lowest BCUT2D eigenvalue weighted by Crippen LogP contribution is -1.89. The molecular formula is C9H10Cl2. The summed E-state index contributed by atoms with van der Waals surface area (Å²) >= 11 is 11.6. The second-order valence-electron chi connectivity index (χ2n) is 2.36.